The van der Waals surface area contributed by atoms with Crippen molar-refractivity contribution in [2.45, 2.75) is 33.1 Å². The van der Waals surface area contributed by atoms with Gasteiger partial charge >= 0.3 is 5.97 Å². The first-order chi connectivity index (χ1) is 11.7. The van der Waals surface area contributed by atoms with Gasteiger partial charge in [0.15, 0.2) is 5.75 Å². The van der Waals surface area contributed by atoms with Crippen LogP contribution in [-0.2, 0) is 6.42 Å². The first kappa shape index (κ1) is 16.2. The van der Waals surface area contributed by atoms with Gasteiger partial charge in [-0.1, -0.05) is 49.7 Å². The lowest BCUT2D eigenvalue weighted by Crippen LogP contribution is -2.13. The van der Waals surface area contributed by atoms with Crippen molar-refractivity contribution in [3.8, 4) is 5.75 Å². The van der Waals surface area contributed by atoms with Gasteiger partial charge in [0.25, 0.3) is 0 Å². The average molecular weight is 319 g/mol. The van der Waals surface area contributed by atoms with Crippen LogP contribution < -0.4 is 4.74 Å². The molecular formula is C21H21NO2. The third kappa shape index (κ3) is 3.30. The van der Waals surface area contributed by atoms with E-state index in [1.165, 1.54) is 0 Å². The van der Waals surface area contributed by atoms with Crippen LogP contribution in [0.2, 0.25) is 0 Å². The highest BCUT2D eigenvalue weighted by molar-refractivity contribution is 5.96. The highest BCUT2D eigenvalue weighted by atomic mass is 16.5. The van der Waals surface area contributed by atoms with Crippen LogP contribution in [-0.4, -0.2) is 11.0 Å². The van der Waals surface area contributed by atoms with Gasteiger partial charge in [0.05, 0.1) is 5.56 Å². The minimum atomic E-state index is -0.308. The van der Waals surface area contributed by atoms with Gasteiger partial charge in [-0.15, -0.1) is 0 Å². The summed E-state index contributed by atoms with van der Waals surface area (Å²) in [6, 6.07) is 15.4. The van der Waals surface area contributed by atoms with Crippen LogP contribution in [0.5, 0.6) is 5.75 Å². The molecule has 0 aliphatic heterocycles. The second kappa shape index (κ2) is 7.26. The number of nitrogens with zero attached hydrogens (tertiary/aromatic N) is 1. The number of aryl methyl sites for hydroxylation is 2. The molecule has 24 heavy (non-hydrogen) atoms. The van der Waals surface area contributed by atoms with Crippen molar-refractivity contribution in [3.63, 3.8) is 0 Å². The third-order valence-corrected chi connectivity index (χ3v) is 4.16. The Morgan fingerprint density at radius 1 is 1.08 bits per heavy atom. The smallest absolute Gasteiger partial charge is 0.344 e. The number of ether oxygens (including phenoxy) is 1. The summed E-state index contributed by atoms with van der Waals surface area (Å²) in [5, 5.41) is 0.957. The van der Waals surface area contributed by atoms with Gasteiger partial charge in [-0.05, 0) is 43.0 Å². The third-order valence-electron chi connectivity index (χ3n) is 4.16. The summed E-state index contributed by atoms with van der Waals surface area (Å²) in [7, 11) is 0. The molecule has 3 aromatic rings. The van der Waals surface area contributed by atoms with E-state index >= 15 is 0 Å². The van der Waals surface area contributed by atoms with Crippen molar-refractivity contribution >= 4 is 16.9 Å². The van der Waals surface area contributed by atoms with Crippen LogP contribution in [0.15, 0.2) is 54.7 Å². The summed E-state index contributed by atoms with van der Waals surface area (Å²) < 4.78 is 5.71. The second-order valence-electron chi connectivity index (χ2n) is 5.93. The maximum absolute atomic E-state index is 12.8. The zero-order chi connectivity index (χ0) is 16.9. The molecule has 0 amide bonds. The van der Waals surface area contributed by atoms with Crippen LogP contribution >= 0.6 is 0 Å². The van der Waals surface area contributed by atoms with Gasteiger partial charge < -0.3 is 4.74 Å². The largest absolute Gasteiger partial charge is 0.421 e. The number of benzene rings is 2. The average Bonchev–Trinajstić information content (AvgIpc) is 2.60. The van der Waals surface area contributed by atoms with E-state index in [1.54, 1.807) is 12.3 Å². The monoisotopic (exact) mass is 319 g/mol. The van der Waals surface area contributed by atoms with E-state index in [0.29, 0.717) is 16.8 Å². The Hall–Kier alpha value is -2.68. The van der Waals surface area contributed by atoms with Gasteiger partial charge in [-0.25, -0.2) is 4.79 Å². The number of aromatic nitrogens is 1. The molecule has 0 unspecified atom stereocenters. The Morgan fingerprint density at radius 3 is 2.71 bits per heavy atom. The normalized spacial score (nSPS) is 10.8. The van der Waals surface area contributed by atoms with Crippen LogP contribution in [0.25, 0.3) is 10.9 Å². The summed E-state index contributed by atoms with van der Waals surface area (Å²) in [6.45, 7) is 4.10. The van der Waals surface area contributed by atoms with E-state index in [9.17, 15) is 4.79 Å². The molecule has 0 fully saturated rings. The number of esters is 1. The molecule has 0 saturated heterocycles. The lowest BCUT2D eigenvalue weighted by atomic mass is 9.98. The molecule has 3 heteroatoms. The van der Waals surface area contributed by atoms with Crippen molar-refractivity contribution in [2.24, 2.45) is 0 Å². The molecule has 122 valence electrons. The number of fused-ring (bicyclic) bond motifs is 1. The number of unbranched alkanes of at least 4 members (excludes halogenated alkanes) is 1. The summed E-state index contributed by atoms with van der Waals surface area (Å²) in [5.74, 6) is 0.195. The van der Waals surface area contributed by atoms with E-state index in [1.807, 2.05) is 49.4 Å². The first-order valence-corrected chi connectivity index (χ1v) is 8.35. The van der Waals surface area contributed by atoms with Crippen molar-refractivity contribution in [2.75, 3.05) is 0 Å². The fraction of sp³-hybridized carbons (Fsp3) is 0.238. The standard InChI is InChI=1S/C21H21NO2/c1-3-4-9-16-10-5-8-15(2)19(16)21(23)24-18-13-6-11-17-12-7-14-22-20(17)18/h5-8,10-14H,3-4,9H2,1-2H3. The number of carbonyl (C=O) groups excluding carboxylic acids is 1. The van der Waals surface area contributed by atoms with E-state index < -0.39 is 0 Å². The molecule has 1 aromatic heterocycles. The van der Waals surface area contributed by atoms with Gasteiger partial charge in [0.1, 0.15) is 5.52 Å². The minimum Gasteiger partial charge on any atom is -0.421 e. The van der Waals surface area contributed by atoms with E-state index in [2.05, 4.69) is 11.9 Å². The predicted octanol–water partition coefficient (Wildman–Crippen LogP) is 5.11. The van der Waals surface area contributed by atoms with E-state index in [-0.39, 0.29) is 5.97 Å². The molecule has 0 atom stereocenters. The molecule has 3 rings (SSSR count). The molecular weight excluding hydrogens is 298 g/mol. The lowest BCUT2D eigenvalue weighted by Gasteiger charge is -2.12. The van der Waals surface area contributed by atoms with Crippen LogP contribution in [0.4, 0.5) is 0 Å². The summed E-state index contributed by atoms with van der Waals surface area (Å²) >= 11 is 0. The Morgan fingerprint density at radius 2 is 1.88 bits per heavy atom. The van der Waals surface area contributed by atoms with Crippen molar-refractivity contribution in [1.29, 1.82) is 0 Å². The molecule has 1 heterocycles. The fourth-order valence-electron chi connectivity index (χ4n) is 2.91. The number of hydrogen-bond donors (Lipinski definition) is 0. The van der Waals surface area contributed by atoms with Crippen LogP contribution in [0, 0.1) is 6.92 Å². The Labute approximate surface area is 142 Å². The number of pyridine rings is 1. The van der Waals surface area contributed by atoms with Crippen molar-refractivity contribution < 1.29 is 9.53 Å². The van der Waals surface area contributed by atoms with Crippen LogP contribution in [0.1, 0.15) is 41.3 Å². The number of carbonyl (C=O) groups is 1. The maximum atomic E-state index is 12.8. The number of hydrogen-bond acceptors (Lipinski definition) is 3. The Balaban J connectivity index is 1.95. The molecule has 0 radical (unpaired) electrons. The zero-order valence-corrected chi connectivity index (χ0v) is 14.1. The fourth-order valence-corrected chi connectivity index (χ4v) is 2.91. The number of para-hydroxylation sites is 1. The Bertz CT molecular complexity index is 865. The molecule has 0 N–H and O–H groups in total. The number of rotatable bonds is 5. The van der Waals surface area contributed by atoms with Gasteiger partial charge in [-0.2, -0.15) is 0 Å². The van der Waals surface area contributed by atoms with Gasteiger partial charge in [0, 0.05) is 11.6 Å². The Kier molecular flexibility index (Phi) is 4.90. The van der Waals surface area contributed by atoms with Crippen molar-refractivity contribution in [1.82, 2.24) is 4.98 Å². The zero-order valence-electron chi connectivity index (χ0n) is 14.1. The first-order valence-electron chi connectivity index (χ1n) is 8.35. The maximum Gasteiger partial charge on any atom is 0.344 e. The highest BCUT2D eigenvalue weighted by Gasteiger charge is 2.17. The van der Waals surface area contributed by atoms with Crippen molar-refractivity contribution in [3.05, 3.63) is 71.4 Å². The highest BCUT2D eigenvalue weighted by Crippen LogP contribution is 2.25. The molecule has 0 aliphatic carbocycles. The molecule has 0 spiro atoms. The predicted molar refractivity (Wildman–Crippen MR) is 96.5 cm³/mol. The second-order valence-corrected chi connectivity index (χ2v) is 5.93. The molecule has 2 aromatic carbocycles. The molecule has 0 aliphatic rings. The molecule has 0 saturated carbocycles. The van der Waals surface area contributed by atoms with Gasteiger partial charge in [0.2, 0.25) is 0 Å². The summed E-state index contributed by atoms with van der Waals surface area (Å²) in [6.07, 6.45) is 4.74. The molecule has 0 bridgehead atoms. The minimum absolute atomic E-state index is 0.308. The van der Waals surface area contributed by atoms with Crippen LogP contribution in [0.3, 0.4) is 0 Å². The SMILES string of the molecule is CCCCc1cccc(C)c1C(=O)Oc1cccc2cccnc12. The summed E-state index contributed by atoms with van der Waals surface area (Å²) in [5.41, 5.74) is 3.38. The lowest BCUT2D eigenvalue weighted by molar-refractivity contribution is 0.0735. The quantitative estimate of drug-likeness (QED) is 0.485. The van der Waals surface area contributed by atoms with Gasteiger partial charge in [-0.3, -0.25) is 4.98 Å². The van der Waals surface area contributed by atoms with E-state index in [0.717, 1.165) is 35.8 Å². The summed E-state index contributed by atoms with van der Waals surface area (Å²) in [4.78, 5) is 17.2. The molecule has 3 nitrogen and oxygen atoms in total. The van der Waals surface area contributed by atoms with E-state index in [4.69, 9.17) is 4.74 Å². The topological polar surface area (TPSA) is 39.2 Å².